The number of nitrogens with zero attached hydrogens (tertiary/aromatic N) is 2. The van der Waals surface area contributed by atoms with E-state index in [-0.39, 0.29) is 17.3 Å². The number of hydrogen-bond donors (Lipinski definition) is 1. The number of carbonyl (C=O) groups is 1. The van der Waals surface area contributed by atoms with Gasteiger partial charge in [-0.15, -0.1) is 0 Å². The lowest BCUT2D eigenvalue weighted by Gasteiger charge is -2.36. The fourth-order valence-electron chi connectivity index (χ4n) is 4.51. The van der Waals surface area contributed by atoms with E-state index >= 15 is 0 Å². The molecule has 1 saturated carbocycles. The summed E-state index contributed by atoms with van der Waals surface area (Å²) < 4.78 is 4.88. The molecule has 0 amide bonds. The summed E-state index contributed by atoms with van der Waals surface area (Å²) in [6.07, 6.45) is 6.46. The summed E-state index contributed by atoms with van der Waals surface area (Å²) in [5.41, 5.74) is 1.44. The first kappa shape index (κ1) is 20.0. The number of nitrogens with one attached hydrogen (secondary N) is 1. The van der Waals surface area contributed by atoms with E-state index in [1.165, 1.54) is 38.4 Å². The Morgan fingerprint density at radius 2 is 2.04 bits per heavy atom. The third-order valence-electron chi connectivity index (χ3n) is 6.12. The van der Waals surface area contributed by atoms with Crippen molar-refractivity contribution in [3.8, 4) is 0 Å². The molecule has 1 saturated heterocycles. The Kier molecular flexibility index (Phi) is 6.64. The SMILES string of the molecule is CN=C(NCC1(c2cccc(Cl)c2)CCCC1)N1CCC(C(=O)OC)CC1. The molecule has 1 heterocycles. The molecule has 2 aliphatic rings. The van der Waals surface area contributed by atoms with Gasteiger partial charge in [-0.2, -0.15) is 0 Å². The third kappa shape index (κ3) is 4.57. The van der Waals surface area contributed by atoms with Crippen LogP contribution in [0, 0.1) is 5.92 Å². The van der Waals surface area contributed by atoms with E-state index in [9.17, 15) is 4.79 Å². The van der Waals surface area contributed by atoms with E-state index < -0.39 is 0 Å². The van der Waals surface area contributed by atoms with Crippen LogP contribution in [-0.4, -0.2) is 50.6 Å². The third-order valence-corrected chi connectivity index (χ3v) is 6.36. The van der Waals surface area contributed by atoms with Gasteiger partial charge in [0, 0.05) is 37.1 Å². The average Bonchev–Trinajstić information content (AvgIpc) is 3.18. The second kappa shape index (κ2) is 8.96. The van der Waals surface area contributed by atoms with Gasteiger partial charge in [0.2, 0.25) is 0 Å². The van der Waals surface area contributed by atoms with E-state index in [1.807, 2.05) is 19.2 Å². The van der Waals surface area contributed by atoms with Gasteiger partial charge in [0.1, 0.15) is 0 Å². The molecule has 2 fully saturated rings. The zero-order chi connectivity index (χ0) is 19.3. The van der Waals surface area contributed by atoms with Crippen molar-refractivity contribution >= 4 is 23.5 Å². The first-order valence-corrected chi connectivity index (χ1v) is 10.3. The van der Waals surface area contributed by atoms with Gasteiger partial charge in [-0.3, -0.25) is 9.79 Å². The van der Waals surface area contributed by atoms with E-state index in [0.29, 0.717) is 0 Å². The number of rotatable bonds is 4. The van der Waals surface area contributed by atoms with E-state index in [0.717, 1.165) is 43.5 Å². The zero-order valence-corrected chi connectivity index (χ0v) is 17.1. The number of likely N-dealkylation sites (tertiary alicyclic amines) is 1. The molecule has 0 aromatic heterocycles. The molecular weight excluding hydrogens is 362 g/mol. The number of piperidine rings is 1. The van der Waals surface area contributed by atoms with Crippen LogP contribution in [0.5, 0.6) is 0 Å². The number of esters is 1. The van der Waals surface area contributed by atoms with Crippen molar-refractivity contribution in [1.82, 2.24) is 10.2 Å². The number of aliphatic imine (C=N–C) groups is 1. The predicted molar refractivity (Wildman–Crippen MR) is 109 cm³/mol. The van der Waals surface area contributed by atoms with Crippen LogP contribution in [0.1, 0.15) is 44.1 Å². The first-order valence-electron chi connectivity index (χ1n) is 9.87. The van der Waals surface area contributed by atoms with Gasteiger partial charge in [0.05, 0.1) is 13.0 Å². The lowest BCUT2D eigenvalue weighted by Crippen LogP contribution is -2.49. The fraction of sp³-hybridized carbons (Fsp3) is 0.619. The topological polar surface area (TPSA) is 53.9 Å². The number of guanidine groups is 1. The number of hydrogen-bond acceptors (Lipinski definition) is 3. The quantitative estimate of drug-likeness (QED) is 0.484. The van der Waals surface area contributed by atoms with Gasteiger partial charge in [0.15, 0.2) is 5.96 Å². The van der Waals surface area contributed by atoms with Crippen molar-refractivity contribution in [2.24, 2.45) is 10.9 Å². The van der Waals surface area contributed by atoms with Crippen LogP contribution in [0.15, 0.2) is 29.3 Å². The predicted octanol–water partition coefficient (Wildman–Crippen LogP) is 3.61. The number of benzene rings is 1. The highest BCUT2D eigenvalue weighted by molar-refractivity contribution is 6.30. The summed E-state index contributed by atoms with van der Waals surface area (Å²) in [5.74, 6) is 0.840. The fourth-order valence-corrected chi connectivity index (χ4v) is 4.70. The van der Waals surface area contributed by atoms with Crippen LogP contribution < -0.4 is 5.32 Å². The molecule has 0 bridgehead atoms. The smallest absolute Gasteiger partial charge is 0.308 e. The van der Waals surface area contributed by atoms with E-state index in [4.69, 9.17) is 16.3 Å². The summed E-state index contributed by atoms with van der Waals surface area (Å²) in [6.45, 7) is 2.50. The molecule has 1 aromatic rings. The zero-order valence-electron chi connectivity index (χ0n) is 16.3. The van der Waals surface area contributed by atoms with Crippen molar-refractivity contribution in [3.05, 3.63) is 34.9 Å². The molecule has 1 aliphatic carbocycles. The minimum absolute atomic E-state index is 0.0111. The van der Waals surface area contributed by atoms with Crippen molar-refractivity contribution in [3.63, 3.8) is 0 Å². The first-order chi connectivity index (χ1) is 13.1. The number of methoxy groups -OCH3 is 1. The molecular formula is C21H30ClN3O2. The van der Waals surface area contributed by atoms with Gasteiger partial charge in [-0.1, -0.05) is 36.6 Å². The summed E-state index contributed by atoms with van der Waals surface area (Å²) >= 11 is 6.26. The van der Waals surface area contributed by atoms with Crippen molar-refractivity contribution in [1.29, 1.82) is 0 Å². The molecule has 0 atom stereocenters. The highest BCUT2D eigenvalue weighted by Gasteiger charge is 2.36. The van der Waals surface area contributed by atoms with Gasteiger partial charge in [0.25, 0.3) is 0 Å². The molecule has 1 aliphatic heterocycles. The Balaban J connectivity index is 1.64. The Hall–Kier alpha value is -1.75. The lowest BCUT2D eigenvalue weighted by molar-refractivity contribution is -0.146. The summed E-state index contributed by atoms with van der Waals surface area (Å²) in [5, 5.41) is 4.41. The maximum Gasteiger partial charge on any atom is 0.308 e. The van der Waals surface area contributed by atoms with Crippen LogP contribution in [0.3, 0.4) is 0 Å². The molecule has 0 radical (unpaired) electrons. The largest absolute Gasteiger partial charge is 0.469 e. The molecule has 0 spiro atoms. The molecule has 6 heteroatoms. The second-order valence-electron chi connectivity index (χ2n) is 7.68. The normalized spacial score (nSPS) is 20.6. The summed E-state index contributed by atoms with van der Waals surface area (Å²) in [4.78, 5) is 18.5. The lowest BCUT2D eigenvalue weighted by atomic mass is 9.79. The van der Waals surface area contributed by atoms with Gasteiger partial charge >= 0.3 is 5.97 Å². The van der Waals surface area contributed by atoms with Crippen LogP contribution in [-0.2, 0) is 14.9 Å². The van der Waals surface area contributed by atoms with E-state index in [1.54, 1.807) is 0 Å². The highest BCUT2D eigenvalue weighted by atomic mass is 35.5. The van der Waals surface area contributed by atoms with Crippen LogP contribution in [0.25, 0.3) is 0 Å². The van der Waals surface area contributed by atoms with Crippen LogP contribution in [0.2, 0.25) is 5.02 Å². The molecule has 1 N–H and O–H groups in total. The Morgan fingerprint density at radius 3 is 2.63 bits per heavy atom. The van der Waals surface area contributed by atoms with Crippen LogP contribution in [0.4, 0.5) is 0 Å². The van der Waals surface area contributed by atoms with Crippen molar-refractivity contribution in [2.45, 2.75) is 43.9 Å². The monoisotopic (exact) mass is 391 g/mol. The highest BCUT2D eigenvalue weighted by Crippen LogP contribution is 2.41. The Morgan fingerprint density at radius 1 is 1.33 bits per heavy atom. The minimum Gasteiger partial charge on any atom is -0.469 e. The Labute approximate surface area is 167 Å². The second-order valence-corrected chi connectivity index (χ2v) is 8.12. The maximum atomic E-state index is 11.7. The van der Waals surface area contributed by atoms with Gasteiger partial charge in [-0.05, 0) is 43.4 Å². The summed E-state index contributed by atoms with van der Waals surface area (Å²) in [7, 11) is 3.29. The molecule has 148 valence electrons. The number of carbonyl (C=O) groups excluding carboxylic acids is 1. The number of halogens is 1. The van der Waals surface area contributed by atoms with Crippen molar-refractivity contribution < 1.29 is 9.53 Å². The standard InChI is InChI=1S/C21H30ClN3O2/c1-23-20(25-12-8-16(9-13-25)19(26)27-2)24-15-21(10-3-4-11-21)17-6-5-7-18(22)14-17/h5-7,14,16H,3-4,8-13,15H2,1-2H3,(H,23,24). The molecule has 3 rings (SSSR count). The number of ether oxygens (including phenoxy) is 1. The Bertz CT molecular complexity index is 678. The van der Waals surface area contributed by atoms with Gasteiger partial charge in [-0.25, -0.2) is 0 Å². The molecule has 5 nitrogen and oxygen atoms in total. The maximum absolute atomic E-state index is 11.7. The average molecular weight is 392 g/mol. The minimum atomic E-state index is -0.0940. The molecule has 27 heavy (non-hydrogen) atoms. The van der Waals surface area contributed by atoms with Gasteiger partial charge < -0.3 is 15.0 Å². The molecule has 0 unspecified atom stereocenters. The van der Waals surface area contributed by atoms with E-state index in [2.05, 4.69) is 27.3 Å². The van der Waals surface area contributed by atoms with Crippen LogP contribution >= 0.6 is 11.6 Å². The van der Waals surface area contributed by atoms with Crippen molar-refractivity contribution in [2.75, 3.05) is 33.8 Å². The molecule has 1 aromatic carbocycles. The summed E-state index contributed by atoms with van der Waals surface area (Å²) in [6, 6.07) is 8.29.